The first-order valence-electron chi connectivity index (χ1n) is 12.5. The van der Waals surface area contributed by atoms with E-state index in [4.69, 9.17) is 9.47 Å². The Labute approximate surface area is 232 Å². The van der Waals surface area contributed by atoms with Crippen LogP contribution < -0.4 is 26.4 Å². The molecule has 214 valence electrons. The molecule has 0 aliphatic carbocycles. The van der Waals surface area contributed by atoms with Crippen molar-refractivity contribution >= 4 is 45.9 Å². The number of aromatic nitrogens is 2. The second-order valence-corrected chi connectivity index (χ2v) is 10.5. The molecule has 3 aromatic rings. The summed E-state index contributed by atoms with van der Waals surface area (Å²) >= 11 is 1.09. The predicted octanol–water partition coefficient (Wildman–Crippen LogP) is 2.09. The van der Waals surface area contributed by atoms with E-state index in [9.17, 15) is 23.9 Å². The summed E-state index contributed by atoms with van der Waals surface area (Å²) < 4.78 is 28.2. The van der Waals surface area contributed by atoms with Crippen LogP contribution in [-0.2, 0) is 21.6 Å². The zero-order valence-electron chi connectivity index (χ0n) is 22.5. The molecule has 1 amide bonds. The Hall–Kier alpha value is -3.88. The van der Waals surface area contributed by atoms with Gasteiger partial charge in [-0.25, -0.2) is 9.18 Å². The molecule has 2 atom stereocenters. The van der Waals surface area contributed by atoms with Crippen molar-refractivity contribution in [1.29, 1.82) is 0 Å². The number of thiophene rings is 1. The highest BCUT2D eigenvalue weighted by Crippen LogP contribution is 2.38. The number of fused-ring (bicyclic) bond motifs is 1. The van der Waals surface area contributed by atoms with Gasteiger partial charge in [0.1, 0.15) is 27.5 Å². The van der Waals surface area contributed by atoms with Gasteiger partial charge in [-0.15, -0.1) is 5.12 Å². The molecular weight excluding hydrogens is 543 g/mol. The molecule has 0 spiro atoms. The first kappa shape index (κ1) is 29.1. The average molecular weight is 575 g/mol. The Morgan fingerprint density at radius 3 is 2.62 bits per heavy atom. The molecular formula is C26H31FN6O6S. The van der Waals surface area contributed by atoms with E-state index in [-0.39, 0.29) is 50.4 Å². The van der Waals surface area contributed by atoms with Gasteiger partial charge < -0.3 is 19.9 Å². The van der Waals surface area contributed by atoms with Crippen LogP contribution >= 0.6 is 11.3 Å². The third-order valence-electron chi connectivity index (χ3n) is 7.03. The number of methoxy groups -OCH3 is 1. The summed E-state index contributed by atoms with van der Waals surface area (Å²) in [5, 5.41) is 21.8. The van der Waals surface area contributed by atoms with Gasteiger partial charge in [0.2, 0.25) is 5.91 Å². The minimum atomic E-state index is -1.02. The third kappa shape index (κ3) is 5.17. The summed E-state index contributed by atoms with van der Waals surface area (Å²) in [5.41, 5.74) is -1.36. The molecule has 2 aromatic heterocycles. The summed E-state index contributed by atoms with van der Waals surface area (Å²) in [6, 6.07) is 3.93. The van der Waals surface area contributed by atoms with Crippen molar-refractivity contribution in [3.63, 3.8) is 0 Å². The first-order valence-corrected chi connectivity index (χ1v) is 13.3. The zero-order chi connectivity index (χ0) is 29.2. The van der Waals surface area contributed by atoms with Gasteiger partial charge in [0.05, 0.1) is 37.8 Å². The number of nitrogens with one attached hydrogen (secondary N) is 1. The number of hydrazone groups is 2. The number of amides is 1. The number of hydrogen-bond acceptors (Lipinski definition) is 10. The molecule has 1 aliphatic rings. The number of carbonyl (C=O) groups is 1. The van der Waals surface area contributed by atoms with E-state index >= 15 is 0 Å². The number of carbonyl (C=O) groups excluding carboxylic acids is 1. The lowest BCUT2D eigenvalue weighted by Gasteiger charge is -2.35. The largest absolute Gasteiger partial charge is 0.496 e. The molecule has 0 saturated carbocycles. The molecule has 0 bridgehead atoms. The van der Waals surface area contributed by atoms with Crippen LogP contribution in [0.5, 0.6) is 5.75 Å². The van der Waals surface area contributed by atoms with Crippen molar-refractivity contribution in [3.05, 3.63) is 56.0 Å². The van der Waals surface area contributed by atoms with Gasteiger partial charge in [0, 0.05) is 37.5 Å². The van der Waals surface area contributed by atoms with Gasteiger partial charge in [-0.2, -0.15) is 10.2 Å². The van der Waals surface area contributed by atoms with Gasteiger partial charge in [-0.1, -0.05) is 11.3 Å². The van der Waals surface area contributed by atoms with Crippen LogP contribution in [0.2, 0.25) is 0 Å². The predicted molar refractivity (Wildman–Crippen MR) is 151 cm³/mol. The number of aryl methyl sites for hydroxylation is 1. The molecule has 1 aliphatic heterocycles. The van der Waals surface area contributed by atoms with Gasteiger partial charge >= 0.3 is 5.69 Å². The molecule has 0 unspecified atom stereocenters. The topological polar surface area (TPSA) is 140 Å². The fourth-order valence-electron chi connectivity index (χ4n) is 4.93. The highest BCUT2D eigenvalue weighted by Gasteiger charge is 2.37. The van der Waals surface area contributed by atoms with Gasteiger partial charge in [0.25, 0.3) is 5.56 Å². The minimum absolute atomic E-state index is 0.0826. The SMILES string of the molecule is C=NN(N=C)c1sc2c(c1C)c(=O)n([C@@]1(C)CCC(=O)NC1)c(=O)n2C[C@H](OCCO)c1cc(F)ccc1OC. The monoisotopic (exact) mass is 574 g/mol. The maximum absolute atomic E-state index is 14.4. The summed E-state index contributed by atoms with van der Waals surface area (Å²) in [4.78, 5) is 40.4. The third-order valence-corrected chi connectivity index (χ3v) is 8.31. The molecule has 40 heavy (non-hydrogen) atoms. The van der Waals surface area contributed by atoms with Crippen molar-refractivity contribution in [2.45, 2.75) is 44.9 Å². The van der Waals surface area contributed by atoms with Crippen LogP contribution in [0.4, 0.5) is 9.39 Å². The van der Waals surface area contributed by atoms with E-state index in [1.165, 1.54) is 29.9 Å². The highest BCUT2D eigenvalue weighted by atomic mass is 32.1. The number of aliphatic hydroxyl groups is 1. The molecule has 14 heteroatoms. The lowest BCUT2D eigenvalue weighted by Crippen LogP contribution is -2.57. The van der Waals surface area contributed by atoms with Crippen molar-refractivity contribution in [2.24, 2.45) is 10.2 Å². The average Bonchev–Trinajstić information content (AvgIpc) is 3.27. The summed E-state index contributed by atoms with van der Waals surface area (Å²) in [5.74, 6) is -0.383. The van der Waals surface area contributed by atoms with Crippen LogP contribution in [0.25, 0.3) is 10.2 Å². The van der Waals surface area contributed by atoms with E-state index in [2.05, 4.69) is 29.0 Å². The van der Waals surface area contributed by atoms with Crippen LogP contribution in [0.1, 0.15) is 37.0 Å². The standard InChI is InChI=1S/C26H31FN6O6S/c1-15-21-22(36)32(26(2)9-8-20(35)30-14-26)25(37)31(24(21)40-23(15)33(28-3)29-4)13-19(39-11-10-34)17-12-16(27)6-7-18(17)38-5/h6-7,12,19,34H,3-4,8-11,13-14H2,1-2,5H3,(H,30,35)/t19-,26-/m0/s1. The second kappa shape index (κ2) is 11.7. The summed E-state index contributed by atoms with van der Waals surface area (Å²) in [7, 11) is 1.43. The van der Waals surface area contributed by atoms with Crippen LogP contribution in [0.3, 0.4) is 0 Å². The van der Waals surface area contributed by atoms with Crippen LogP contribution in [0.15, 0.2) is 38.0 Å². The molecule has 3 heterocycles. The van der Waals surface area contributed by atoms with Crippen LogP contribution in [-0.4, -0.2) is 60.5 Å². The van der Waals surface area contributed by atoms with Crippen molar-refractivity contribution < 1.29 is 23.8 Å². The Morgan fingerprint density at radius 1 is 1.30 bits per heavy atom. The Balaban J connectivity index is 2.02. The lowest BCUT2D eigenvalue weighted by atomic mass is 9.91. The number of benzene rings is 1. The number of piperidine rings is 1. The highest BCUT2D eigenvalue weighted by molar-refractivity contribution is 7.22. The van der Waals surface area contributed by atoms with E-state index < -0.39 is 28.7 Å². The minimum Gasteiger partial charge on any atom is -0.496 e. The quantitative estimate of drug-likeness (QED) is 0.264. The van der Waals surface area contributed by atoms with Gasteiger partial charge in [-0.05, 0) is 38.5 Å². The zero-order valence-corrected chi connectivity index (χ0v) is 23.3. The lowest BCUT2D eigenvalue weighted by molar-refractivity contribution is -0.124. The van der Waals surface area contributed by atoms with E-state index in [1.54, 1.807) is 13.8 Å². The van der Waals surface area contributed by atoms with E-state index in [1.807, 2.05) is 0 Å². The van der Waals surface area contributed by atoms with Gasteiger partial charge in [-0.3, -0.25) is 18.7 Å². The van der Waals surface area contributed by atoms with Gasteiger partial charge in [0.15, 0.2) is 0 Å². The molecule has 1 aromatic carbocycles. The number of ether oxygens (including phenoxy) is 2. The van der Waals surface area contributed by atoms with E-state index in [0.717, 1.165) is 21.0 Å². The number of halogens is 1. The van der Waals surface area contributed by atoms with Crippen molar-refractivity contribution in [3.8, 4) is 5.75 Å². The normalized spacial score (nSPS) is 17.9. The molecule has 4 rings (SSSR count). The molecule has 2 N–H and O–H groups in total. The summed E-state index contributed by atoms with van der Waals surface area (Å²) in [6.07, 6.45) is -0.529. The van der Waals surface area contributed by atoms with Crippen molar-refractivity contribution in [1.82, 2.24) is 14.5 Å². The molecule has 0 radical (unpaired) electrons. The second-order valence-electron chi connectivity index (χ2n) is 9.56. The summed E-state index contributed by atoms with van der Waals surface area (Å²) in [6.45, 7) is 9.97. The van der Waals surface area contributed by atoms with E-state index in [0.29, 0.717) is 26.7 Å². The smallest absolute Gasteiger partial charge is 0.332 e. The fraction of sp³-hybridized carbons (Fsp3) is 0.423. The maximum atomic E-state index is 14.4. The fourth-order valence-corrected chi connectivity index (χ4v) is 6.17. The Kier molecular flexibility index (Phi) is 8.51. The Morgan fingerprint density at radius 2 is 2.02 bits per heavy atom. The number of anilines is 1. The number of hydrogen-bond donors (Lipinski definition) is 2. The number of rotatable bonds is 11. The van der Waals surface area contributed by atoms with Crippen molar-refractivity contribution in [2.75, 3.05) is 32.0 Å². The first-order chi connectivity index (χ1) is 19.1. The maximum Gasteiger partial charge on any atom is 0.332 e. The molecule has 1 fully saturated rings. The number of nitrogens with zero attached hydrogens (tertiary/aromatic N) is 5. The Bertz CT molecular complexity index is 1560. The number of aliphatic hydroxyl groups excluding tert-OH is 1. The molecule has 1 saturated heterocycles. The molecule has 12 nitrogen and oxygen atoms in total. The van der Waals surface area contributed by atoms with Crippen LogP contribution in [0, 0.1) is 12.7 Å².